The van der Waals surface area contributed by atoms with Gasteiger partial charge >= 0.3 is 0 Å². The second-order valence-electron chi connectivity index (χ2n) is 7.10. The number of nitro benzene ring substituents is 1. The van der Waals surface area contributed by atoms with Gasteiger partial charge in [0.05, 0.1) is 11.0 Å². The van der Waals surface area contributed by atoms with Crippen LogP contribution in [0.3, 0.4) is 0 Å². The largest absolute Gasteiger partial charge is 0.369 e. The van der Waals surface area contributed by atoms with Crippen molar-refractivity contribution in [3.8, 4) is 0 Å². The van der Waals surface area contributed by atoms with Crippen molar-refractivity contribution in [2.75, 3.05) is 36.4 Å². The van der Waals surface area contributed by atoms with Crippen LogP contribution in [0.4, 0.5) is 17.1 Å². The Hall–Kier alpha value is -3.26. The third-order valence-electron chi connectivity index (χ3n) is 5.23. The van der Waals surface area contributed by atoms with Crippen LogP contribution in [0.15, 0.2) is 48.5 Å². The molecule has 0 spiro atoms. The van der Waals surface area contributed by atoms with Crippen LogP contribution in [0, 0.1) is 10.1 Å². The van der Waals surface area contributed by atoms with E-state index in [1.807, 2.05) is 6.92 Å². The van der Waals surface area contributed by atoms with Crippen molar-refractivity contribution in [2.24, 2.45) is 0 Å². The average molecular weight is 396 g/mol. The molecule has 3 rings (SSSR count). The fourth-order valence-corrected chi connectivity index (χ4v) is 3.35. The standard InChI is InChI=1S/C21H24N4O4/c1-15(21(27)22-18-5-3-17(4-6-18)16(2)26)23-11-13-24(14-12-23)19-7-9-20(10-8-19)25(28)29/h3-10,15H,11-14H2,1-2H3,(H,22,27). The quantitative estimate of drug-likeness (QED) is 0.458. The van der Waals surface area contributed by atoms with E-state index >= 15 is 0 Å². The Balaban J connectivity index is 1.53. The molecule has 1 aliphatic rings. The van der Waals surface area contributed by atoms with Crippen LogP contribution in [0.5, 0.6) is 0 Å². The number of nitro groups is 1. The molecule has 1 amide bonds. The summed E-state index contributed by atoms with van der Waals surface area (Å²) < 4.78 is 0. The molecule has 152 valence electrons. The number of hydrogen-bond donors (Lipinski definition) is 1. The van der Waals surface area contributed by atoms with Gasteiger partial charge in [-0.15, -0.1) is 0 Å². The monoisotopic (exact) mass is 396 g/mol. The van der Waals surface area contributed by atoms with Crippen molar-refractivity contribution in [1.82, 2.24) is 4.90 Å². The van der Waals surface area contributed by atoms with Gasteiger partial charge in [-0.05, 0) is 50.2 Å². The van der Waals surface area contributed by atoms with Gasteiger partial charge in [0, 0.05) is 55.2 Å². The van der Waals surface area contributed by atoms with Crippen LogP contribution in [0.2, 0.25) is 0 Å². The SMILES string of the molecule is CC(=O)c1ccc(NC(=O)C(C)N2CCN(c3ccc([N+](=O)[O-])cc3)CC2)cc1. The van der Waals surface area contributed by atoms with E-state index in [1.165, 1.54) is 19.1 Å². The number of nitrogens with one attached hydrogen (secondary N) is 1. The molecule has 0 radical (unpaired) electrons. The minimum atomic E-state index is -0.407. The highest BCUT2D eigenvalue weighted by Gasteiger charge is 2.26. The summed E-state index contributed by atoms with van der Waals surface area (Å²) in [5, 5.41) is 13.7. The second-order valence-corrected chi connectivity index (χ2v) is 7.10. The van der Waals surface area contributed by atoms with Crippen LogP contribution in [0.1, 0.15) is 24.2 Å². The van der Waals surface area contributed by atoms with Crippen LogP contribution in [-0.4, -0.2) is 53.7 Å². The molecule has 1 fully saturated rings. The van der Waals surface area contributed by atoms with Gasteiger partial charge in [0.25, 0.3) is 5.69 Å². The van der Waals surface area contributed by atoms with E-state index < -0.39 is 4.92 Å². The van der Waals surface area contributed by atoms with Gasteiger partial charge in [0.1, 0.15) is 0 Å². The Morgan fingerprint density at radius 1 is 1.00 bits per heavy atom. The molecular formula is C21H24N4O4. The Morgan fingerprint density at radius 2 is 1.59 bits per heavy atom. The molecule has 8 nitrogen and oxygen atoms in total. The van der Waals surface area contributed by atoms with E-state index in [9.17, 15) is 19.7 Å². The number of ketones is 1. The molecule has 1 heterocycles. The maximum atomic E-state index is 12.6. The summed E-state index contributed by atoms with van der Waals surface area (Å²) in [6, 6.07) is 13.1. The van der Waals surface area contributed by atoms with Crippen molar-refractivity contribution >= 4 is 28.8 Å². The number of non-ortho nitro benzene ring substituents is 1. The third-order valence-corrected chi connectivity index (χ3v) is 5.23. The normalized spacial score (nSPS) is 15.6. The number of carbonyl (C=O) groups is 2. The molecule has 29 heavy (non-hydrogen) atoms. The Kier molecular flexibility index (Phi) is 6.23. The number of nitrogens with zero attached hydrogens (tertiary/aromatic N) is 3. The molecule has 0 aliphatic carbocycles. The van der Waals surface area contributed by atoms with Gasteiger partial charge in [-0.3, -0.25) is 24.6 Å². The number of rotatable bonds is 6. The maximum Gasteiger partial charge on any atom is 0.269 e. The summed E-state index contributed by atoms with van der Waals surface area (Å²) in [5.74, 6) is -0.105. The average Bonchev–Trinajstić information content (AvgIpc) is 2.73. The van der Waals surface area contributed by atoms with Gasteiger partial charge in [0.15, 0.2) is 5.78 Å². The molecular weight excluding hydrogens is 372 g/mol. The van der Waals surface area contributed by atoms with Crippen LogP contribution >= 0.6 is 0 Å². The fourth-order valence-electron chi connectivity index (χ4n) is 3.35. The van der Waals surface area contributed by atoms with Gasteiger partial charge in [-0.1, -0.05) is 0 Å². The molecule has 8 heteroatoms. The van der Waals surface area contributed by atoms with Crippen molar-refractivity contribution in [3.05, 3.63) is 64.2 Å². The molecule has 1 atom stereocenters. The van der Waals surface area contributed by atoms with Gasteiger partial charge in [0.2, 0.25) is 5.91 Å². The minimum Gasteiger partial charge on any atom is -0.369 e. The Bertz CT molecular complexity index is 888. The maximum absolute atomic E-state index is 12.6. The van der Waals surface area contributed by atoms with Crippen molar-refractivity contribution in [2.45, 2.75) is 19.9 Å². The molecule has 1 N–H and O–H groups in total. The molecule has 1 aliphatic heterocycles. The first-order chi connectivity index (χ1) is 13.8. The number of benzene rings is 2. The summed E-state index contributed by atoms with van der Waals surface area (Å²) in [5.41, 5.74) is 2.29. The number of anilines is 2. The van der Waals surface area contributed by atoms with E-state index in [2.05, 4.69) is 15.1 Å². The summed E-state index contributed by atoms with van der Waals surface area (Å²) >= 11 is 0. The second kappa shape index (κ2) is 8.83. The first kappa shape index (κ1) is 20.5. The zero-order chi connectivity index (χ0) is 21.0. The lowest BCUT2D eigenvalue weighted by Gasteiger charge is -2.38. The molecule has 2 aromatic carbocycles. The highest BCUT2D eigenvalue weighted by Crippen LogP contribution is 2.21. The van der Waals surface area contributed by atoms with Crippen molar-refractivity contribution in [1.29, 1.82) is 0 Å². The highest BCUT2D eigenvalue weighted by atomic mass is 16.6. The lowest BCUT2D eigenvalue weighted by atomic mass is 10.1. The van der Waals surface area contributed by atoms with E-state index in [1.54, 1.807) is 36.4 Å². The number of amides is 1. The molecule has 1 saturated heterocycles. The van der Waals surface area contributed by atoms with Gasteiger partial charge in [-0.25, -0.2) is 0 Å². The van der Waals surface area contributed by atoms with Crippen LogP contribution < -0.4 is 10.2 Å². The number of hydrogen-bond acceptors (Lipinski definition) is 6. The van der Waals surface area contributed by atoms with Crippen LogP contribution in [0.25, 0.3) is 0 Å². The zero-order valence-electron chi connectivity index (χ0n) is 16.5. The third kappa shape index (κ3) is 4.97. The highest BCUT2D eigenvalue weighted by molar-refractivity contribution is 5.97. The number of piperazine rings is 1. The van der Waals surface area contributed by atoms with Crippen molar-refractivity contribution in [3.63, 3.8) is 0 Å². The molecule has 0 bridgehead atoms. The lowest BCUT2D eigenvalue weighted by Crippen LogP contribution is -2.52. The topological polar surface area (TPSA) is 95.8 Å². The summed E-state index contributed by atoms with van der Waals surface area (Å²) in [6.07, 6.45) is 0. The van der Waals surface area contributed by atoms with E-state index in [0.717, 1.165) is 31.9 Å². The Morgan fingerprint density at radius 3 is 2.10 bits per heavy atom. The number of Topliss-reactive ketones (excluding diaryl/α,β-unsaturated/α-hetero) is 1. The number of carbonyl (C=O) groups excluding carboxylic acids is 2. The minimum absolute atomic E-state index is 0.0119. The zero-order valence-corrected chi connectivity index (χ0v) is 16.5. The van der Waals surface area contributed by atoms with E-state index in [-0.39, 0.29) is 23.4 Å². The summed E-state index contributed by atoms with van der Waals surface area (Å²) in [6.45, 7) is 6.29. The lowest BCUT2D eigenvalue weighted by molar-refractivity contribution is -0.384. The molecule has 1 unspecified atom stereocenters. The molecule has 2 aromatic rings. The molecule has 0 saturated carbocycles. The van der Waals surface area contributed by atoms with Gasteiger partial charge < -0.3 is 10.2 Å². The summed E-state index contributed by atoms with van der Waals surface area (Å²) in [7, 11) is 0. The first-order valence-electron chi connectivity index (χ1n) is 9.50. The van der Waals surface area contributed by atoms with E-state index in [4.69, 9.17) is 0 Å². The smallest absolute Gasteiger partial charge is 0.269 e. The first-order valence-corrected chi connectivity index (χ1v) is 9.50. The fraction of sp³-hybridized carbons (Fsp3) is 0.333. The van der Waals surface area contributed by atoms with Crippen molar-refractivity contribution < 1.29 is 14.5 Å². The molecule has 0 aromatic heterocycles. The summed E-state index contributed by atoms with van der Waals surface area (Å²) in [4.78, 5) is 38.6. The predicted molar refractivity (Wildman–Crippen MR) is 111 cm³/mol. The van der Waals surface area contributed by atoms with Gasteiger partial charge in [-0.2, -0.15) is 0 Å². The predicted octanol–water partition coefficient (Wildman–Crippen LogP) is 2.95. The van der Waals surface area contributed by atoms with E-state index in [0.29, 0.717) is 11.3 Å². The van der Waals surface area contributed by atoms with Crippen LogP contribution in [-0.2, 0) is 4.79 Å². The Labute approximate surface area is 169 Å².